The second kappa shape index (κ2) is 13.5. The summed E-state index contributed by atoms with van der Waals surface area (Å²) in [5, 5.41) is 2.92. The number of hydrogen-bond donors (Lipinski definition) is 1. The first-order chi connectivity index (χ1) is 21.7. The summed E-state index contributed by atoms with van der Waals surface area (Å²) in [6.45, 7) is 3.26. The normalized spacial score (nSPS) is 20.6. The molecular formula is C32H34BrCl2N5O5S. The molecule has 0 aliphatic carbocycles. The van der Waals surface area contributed by atoms with Crippen molar-refractivity contribution in [1.29, 1.82) is 0 Å². The number of benzene rings is 3. The first-order valence-corrected chi connectivity index (χ1v) is 17.6. The van der Waals surface area contributed by atoms with Crippen LogP contribution in [-0.2, 0) is 26.0 Å². The Bertz CT molecular complexity index is 1760. The molecule has 0 spiro atoms. The molecule has 3 atom stereocenters. The van der Waals surface area contributed by atoms with Crippen molar-refractivity contribution in [2.75, 3.05) is 32.1 Å². The SMILES string of the molecule is CC(C)N1CC2N(C(=O)C(NC(=O)c3ccc(N(C)C)cc3)CN2S(=O)(=O)c2ccc(Cl)cc2Cl)C(Cc2ccc(Br)cc2)C1=O. The Balaban J connectivity index is 1.59. The first-order valence-electron chi connectivity index (χ1n) is 14.6. The molecule has 0 aromatic heterocycles. The van der Waals surface area contributed by atoms with E-state index in [0.717, 1.165) is 15.7 Å². The third-order valence-electron chi connectivity index (χ3n) is 8.23. The number of carbonyl (C=O) groups is 3. The summed E-state index contributed by atoms with van der Waals surface area (Å²) in [6.07, 6.45) is -0.919. The van der Waals surface area contributed by atoms with Crippen molar-refractivity contribution in [1.82, 2.24) is 19.4 Å². The average Bonchev–Trinajstić information content (AvgIpc) is 3.00. The maximum atomic E-state index is 14.4. The van der Waals surface area contributed by atoms with E-state index in [4.69, 9.17) is 23.2 Å². The van der Waals surface area contributed by atoms with Crippen LogP contribution >= 0.6 is 39.1 Å². The fourth-order valence-electron chi connectivity index (χ4n) is 5.79. The van der Waals surface area contributed by atoms with Gasteiger partial charge in [-0.3, -0.25) is 14.4 Å². The van der Waals surface area contributed by atoms with Gasteiger partial charge in [-0.15, -0.1) is 0 Å². The van der Waals surface area contributed by atoms with Crippen molar-refractivity contribution < 1.29 is 22.8 Å². The van der Waals surface area contributed by atoms with E-state index in [2.05, 4.69) is 21.2 Å². The molecule has 0 saturated carbocycles. The highest BCUT2D eigenvalue weighted by Crippen LogP contribution is 2.35. The number of sulfonamides is 1. The number of fused-ring (bicyclic) bond motifs is 1. The lowest BCUT2D eigenvalue weighted by atomic mass is 9.96. The van der Waals surface area contributed by atoms with Crippen LogP contribution in [0.2, 0.25) is 10.0 Å². The van der Waals surface area contributed by atoms with Gasteiger partial charge in [-0.2, -0.15) is 4.31 Å². The summed E-state index contributed by atoms with van der Waals surface area (Å²) in [5.74, 6) is -1.41. The molecule has 2 heterocycles. The number of nitrogens with zero attached hydrogens (tertiary/aromatic N) is 4. The summed E-state index contributed by atoms with van der Waals surface area (Å²) >= 11 is 15.9. The van der Waals surface area contributed by atoms with Crippen LogP contribution in [0.25, 0.3) is 0 Å². The van der Waals surface area contributed by atoms with Gasteiger partial charge in [0.15, 0.2) is 0 Å². The molecule has 3 amide bonds. The third-order valence-corrected chi connectivity index (χ3v) is 11.3. The van der Waals surface area contributed by atoms with Crippen LogP contribution in [0.1, 0.15) is 29.8 Å². The fourth-order valence-corrected chi connectivity index (χ4v) is 8.38. The second-order valence-electron chi connectivity index (χ2n) is 11.8. The van der Waals surface area contributed by atoms with Gasteiger partial charge >= 0.3 is 0 Å². The maximum absolute atomic E-state index is 14.4. The van der Waals surface area contributed by atoms with Crippen LogP contribution < -0.4 is 10.2 Å². The molecule has 46 heavy (non-hydrogen) atoms. The van der Waals surface area contributed by atoms with Gasteiger partial charge in [-0.05, 0) is 74.0 Å². The van der Waals surface area contributed by atoms with Gasteiger partial charge in [-0.1, -0.05) is 51.3 Å². The van der Waals surface area contributed by atoms with E-state index in [9.17, 15) is 22.8 Å². The molecule has 0 radical (unpaired) electrons. The van der Waals surface area contributed by atoms with Crippen molar-refractivity contribution in [2.45, 2.75) is 49.5 Å². The quantitative estimate of drug-likeness (QED) is 0.360. The largest absolute Gasteiger partial charge is 0.378 e. The van der Waals surface area contributed by atoms with Gasteiger partial charge in [-0.25, -0.2) is 8.42 Å². The van der Waals surface area contributed by atoms with Crippen molar-refractivity contribution in [2.24, 2.45) is 0 Å². The molecule has 3 unspecified atom stereocenters. The minimum absolute atomic E-state index is 0.0593. The smallest absolute Gasteiger partial charge is 0.251 e. The Hall–Kier alpha value is -3.16. The molecule has 3 aromatic carbocycles. The summed E-state index contributed by atoms with van der Waals surface area (Å²) in [4.78, 5) is 46.4. The number of rotatable bonds is 8. The number of amides is 3. The summed E-state index contributed by atoms with van der Waals surface area (Å²) in [5.41, 5.74) is 1.95. The van der Waals surface area contributed by atoms with E-state index < -0.39 is 40.1 Å². The predicted molar refractivity (Wildman–Crippen MR) is 181 cm³/mol. The molecule has 3 aromatic rings. The molecule has 0 bridgehead atoms. The molecule has 14 heteroatoms. The van der Waals surface area contributed by atoms with Crippen molar-refractivity contribution in [3.8, 4) is 0 Å². The molecule has 2 saturated heterocycles. The van der Waals surface area contributed by atoms with Crippen molar-refractivity contribution in [3.05, 3.63) is 92.4 Å². The second-order valence-corrected chi connectivity index (χ2v) is 15.4. The van der Waals surface area contributed by atoms with E-state index in [0.29, 0.717) is 5.56 Å². The highest BCUT2D eigenvalue weighted by Gasteiger charge is 2.54. The summed E-state index contributed by atoms with van der Waals surface area (Å²) in [6, 6.07) is 15.6. The van der Waals surface area contributed by atoms with Gasteiger partial charge < -0.3 is 20.0 Å². The topological polar surface area (TPSA) is 110 Å². The van der Waals surface area contributed by atoms with Gasteiger partial charge in [0.05, 0.1) is 11.6 Å². The van der Waals surface area contributed by atoms with Crippen LogP contribution in [0, 0.1) is 0 Å². The monoisotopic (exact) mass is 749 g/mol. The highest BCUT2D eigenvalue weighted by molar-refractivity contribution is 9.10. The summed E-state index contributed by atoms with van der Waals surface area (Å²) < 4.78 is 30.8. The minimum Gasteiger partial charge on any atom is -0.378 e. The minimum atomic E-state index is -4.37. The molecule has 244 valence electrons. The zero-order chi connectivity index (χ0) is 33.5. The lowest BCUT2D eigenvalue weighted by Gasteiger charge is -2.54. The molecule has 10 nitrogen and oxygen atoms in total. The Labute approximate surface area is 287 Å². The van der Waals surface area contributed by atoms with Crippen LogP contribution in [0.15, 0.2) is 76.1 Å². The molecular weight excluding hydrogens is 717 g/mol. The lowest BCUT2D eigenvalue weighted by Crippen LogP contribution is -2.76. The van der Waals surface area contributed by atoms with Crippen LogP contribution in [0.3, 0.4) is 0 Å². The Morgan fingerprint density at radius 2 is 1.63 bits per heavy atom. The predicted octanol–water partition coefficient (Wildman–Crippen LogP) is 4.64. The van der Waals surface area contributed by atoms with Gasteiger partial charge in [0, 0.05) is 53.8 Å². The number of piperazine rings is 1. The standard InChI is InChI=1S/C32H34BrCl2N5O5S/c1-19(2)38-18-29-39(46(44,45)28-14-11-23(34)16-25(28)35)17-26(36-30(41)21-7-12-24(13-8-21)37(3)4)31(42)40(29)27(32(38)43)15-20-5-9-22(33)10-6-20/h5-14,16,19,26-27,29H,15,17-18H2,1-4H3,(H,36,41). The maximum Gasteiger partial charge on any atom is 0.251 e. The Morgan fingerprint density at radius 1 is 0.978 bits per heavy atom. The van der Waals surface area contributed by atoms with Gasteiger partial charge in [0.2, 0.25) is 21.8 Å². The summed E-state index contributed by atoms with van der Waals surface area (Å²) in [7, 11) is -0.624. The number of halogens is 3. The Morgan fingerprint density at radius 3 is 2.22 bits per heavy atom. The number of anilines is 1. The molecule has 1 N–H and O–H groups in total. The Kier molecular flexibility index (Phi) is 10.0. The molecule has 5 rings (SSSR count). The average molecular weight is 752 g/mol. The van der Waals surface area contributed by atoms with Crippen molar-refractivity contribution >= 4 is 72.6 Å². The van der Waals surface area contributed by atoms with Crippen LogP contribution in [-0.4, -0.2) is 91.7 Å². The molecule has 2 fully saturated rings. The number of hydrogen-bond acceptors (Lipinski definition) is 6. The lowest BCUT2D eigenvalue weighted by molar-refractivity contribution is -0.168. The molecule has 2 aliphatic heterocycles. The zero-order valence-electron chi connectivity index (χ0n) is 25.7. The number of carbonyl (C=O) groups excluding carboxylic acids is 3. The van der Waals surface area contributed by atoms with E-state index in [1.54, 1.807) is 29.2 Å². The first kappa shape index (κ1) is 34.2. The fraction of sp³-hybridized carbons (Fsp3) is 0.344. The van der Waals surface area contributed by atoms with E-state index in [1.807, 2.05) is 57.1 Å². The third kappa shape index (κ3) is 6.77. The van der Waals surface area contributed by atoms with E-state index >= 15 is 0 Å². The molecule has 2 aliphatic rings. The zero-order valence-corrected chi connectivity index (χ0v) is 29.6. The van der Waals surface area contributed by atoms with Crippen LogP contribution in [0.4, 0.5) is 5.69 Å². The number of nitrogens with one attached hydrogen (secondary N) is 1. The van der Waals surface area contributed by atoms with Gasteiger partial charge in [0.1, 0.15) is 23.1 Å². The van der Waals surface area contributed by atoms with E-state index in [-0.39, 0.29) is 46.4 Å². The van der Waals surface area contributed by atoms with E-state index in [1.165, 1.54) is 27.4 Å². The highest BCUT2D eigenvalue weighted by atomic mass is 79.9. The van der Waals surface area contributed by atoms with Gasteiger partial charge in [0.25, 0.3) is 5.91 Å². The van der Waals surface area contributed by atoms with Crippen LogP contribution in [0.5, 0.6) is 0 Å². The van der Waals surface area contributed by atoms with Crippen molar-refractivity contribution in [3.63, 3.8) is 0 Å².